The second kappa shape index (κ2) is 7.85. The fraction of sp³-hybridized carbons (Fsp3) is 0.333. The largest absolute Gasteiger partial charge is 0.377 e. The molecule has 0 radical (unpaired) electrons. The van der Waals surface area contributed by atoms with Gasteiger partial charge in [-0.15, -0.1) is 0 Å². The van der Waals surface area contributed by atoms with E-state index in [1.165, 1.54) is 6.92 Å². The van der Waals surface area contributed by atoms with E-state index in [4.69, 9.17) is 16.3 Å². The number of amides is 1. The van der Waals surface area contributed by atoms with Gasteiger partial charge in [-0.25, -0.2) is 0 Å². The molecule has 1 atom stereocenters. The molecule has 122 valence electrons. The van der Waals surface area contributed by atoms with Gasteiger partial charge in [0.1, 0.15) is 6.61 Å². The molecule has 7 nitrogen and oxygen atoms in total. The Morgan fingerprint density at radius 3 is 2.48 bits per heavy atom. The Kier molecular flexibility index (Phi) is 5.84. The van der Waals surface area contributed by atoms with Crippen LogP contribution < -0.4 is 10.6 Å². The van der Waals surface area contributed by atoms with Crippen LogP contribution in [0.15, 0.2) is 24.3 Å². The average molecular weight is 336 g/mol. The van der Waals surface area contributed by atoms with Crippen LogP contribution >= 0.6 is 11.6 Å². The van der Waals surface area contributed by atoms with Gasteiger partial charge in [0.05, 0.1) is 6.04 Å². The molecule has 0 spiro atoms. The van der Waals surface area contributed by atoms with Crippen LogP contribution in [0.25, 0.3) is 0 Å². The van der Waals surface area contributed by atoms with Crippen LogP contribution in [-0.2, 0) is 16.1 Å². The second-order valence-electron chi connectivity index (χ2n) is 4.93. The maximum Gasteiger partial charge on any atom is 0.234 e. The number of carbonyl (C=O) groups is 1. The van der Waals surface area contributed by atoms with Crippen LogP contribution in [0.4, 0.5) is 11.9 Å². The summed E-state index contributed by atoms with van der Waals surface area (Å²) in [6.07, 6.45) is 0. The smallest absolute Gasteiger partial charge is 0.234 e. The minimum absolute atomic E-state index is 0.0461. The van der Waals surface area contributed by atoms with Gasteiger partial charge in [0, 0.05) is 19.1 Å². The van der Waals surface area contributed by atoms with Crippen molar-refractivity contribution in [1.82, 2.24) is 15.0 Å². The summed E-state index contributed by atoms with van der Waals surface area (Å²) in [6, 6.07) is 7.44. The lowest BCUT2D eigenvalue weighted by molar-refractivity contribution is -0.114. The van der Waals surface area contributed by atoms with Crippen LogP contribution in [-0.4, -0.2) is 28.0 Å². The topological polar surface area (TPSA) is 89.0 Å². The van der Waals surface area contributed by atoms with Crippen molar-refractivity contribution in [2.45, 2.75) is 26.5 Å². The summed E-state index contributed by atoms with van der Waals surface area (Å²) in [7, 11) is 1.55. The molecule has 0 saturated carbocycles. The molecule has 2 aromatic rings. The van der Waals surface area contributed by atoms with E-state index in [0.717, 1.165) is 5.56 Å². The van der Waals surface area contributed by atoms with Gasteiger partial charge < -0.3 is 10.1 Å². The number of ether oxygens (including phenoxy) is 1. The molecule has 1 aromatic heterocycles. The SMILES string of the molecule is COCc1nc(NC(C)=O)nc(NC(C)c2ccc(Cl)cc2)n1. The molecule has 1 amide bonds. The van der Waals surface area contributed by atoms with Crippen LogP contribution in [0.3, 0.4) is 0 Å². The third kappa shape index (κ3) is 5.15. The van der Waals surface area contributed by atoms with Crippen molar-refractivity contribution in [2.75, 3.05) is 17.7 Å². The van der Waals surface area contributed by atoms with Crippen molar-refractivity contribution in [1.29, 1.82) is 0 Å². The number of methoxy groups -OCH3 is 1. The van der Waals surface area contributed by atoms with Crippen LogP contribution in [0.1, 0.15) is 31.3 Å². The van der Waals surface area contributed by atoms with Gasteiger partial charge in [-0.3, -0.25) is 10.1 Å². The first-order valence-corrected chi connectivity index (χ1v) is 7.39. The minimum Gasteiger partial charge on any atom is -0.377 e. The number of carbonyl (C=O) groups excluding carboxylic acids is 1. The molecule has 0 saturated heterocycles. The van der Waals surface area contributed by atoms with Gasteiger partial charge >= 0.3 is 0 Å². The molecule has 8 heteroatoms. The van der Waals surface area contributed by atoms with Gasteiger partial charge in [-0.2, -0.15) is 15.0 Å². The summed E-state index contributed by atoms with van der Waals surface area (Å²) in [5.41, 5.74) is 1.03. The average Bonchev–Trinajstić information content (AvgIpc) is 2.47. The number of hydrogen-bond acceptors (Lipinski definition) is 6. The highest BCUT2D eigenvalue weighted by atomic mass is 35.5. The lowest BCUT2D eigenvalue weighted by atomic mass is 10.1. The van der Waals surface area contributed by atoms with Crippen LogP contribution in [0, 0.1) is 0 Å². The van der Waals surface area contributed by atoms with E-state index in [1.54, 1.807) is 7.11 Å². The Bertz CT molecular complexity index is 678. The highest BCUT2D eigenvalue weighted by molar-refractivity contribution is 6.30. The highest BCUT2D eigenvalue weighted by Gasteiger charge is 2.11. The molecular formula is C15H18ClN5O2. The molecule has 0 fully saturated rings. The van der Waals surface area contributed by atoms with Gasteiger partial charge in [-0.1, -0.05) is 23.7 Å². The zero-order valence-corrected chi connectivity index (χ0v) is 13.9. The van der Waals surface area contributed by atoms with Crippen molar-refractivity contribution in [2.24, 2.45) is 0 Å². The number of rotatable bonds is 6. The van der Waals surface area contributed by atoms with E-state index >= 15 is 0 Å². The number of hydrogen-bond donors (Lipinski definition) is 2. The van der Waals surface area contributed by atoms with E-state index in [-0.39, 0.29) is 24.5 Å². The van der Waals surface area contributed by atoms with Crippen molar-refractivity contribution >= 4 is 29.4 Å². The quantitative estimate of drug-likeness (QED) is 0.843. The van der Waals surface area contributed by atoms with Gasteiger partial charge in [0.15, 0.2) is 5.82 Å². The molecule has 0 aliphatic carbocycles. The van der Waals surface area contributed by atoms with Crippen molar-refractivity contribution in [3.63, 3.8) is 0 Å². The van der Waals surface area contributed by atoms with Gasteiger partial charge in [0.25, 0.3) is 0 Å². The number of nitrogens with zero attached hydrogens (tertiary/aromatic N) is 3. The third-order valence-corrected chi connectivity index (χ3v) is 3.21. The minimum atomic E-state index is -0.253. The number of nitrogens with one attached hydrogen (secondary N) is 2. The molecule has 0 bridgehead atoms. The Morgan fingerprint density at radius 1 is 1.22 bits per heavy atom. The molecule has 0 aliphatic rings. The normalized spacial score (nSPS) is 11.8. The Labute approximate surface area is 139 Å². The summed E-state index contributed by atoms with van der Waals surface area (Å²) < 4.78 is 5.04. The highest BCUT2D eigenvalue weighted by Crippen LogP contribution is 2.19. The maximum atomic E-state index is 11.2. The molecule has 0 aliphatic heterocycles. The molecule has 1 aromatic carbocycles. The zero-order valence-electron chi connectivity index (χ0n) is 13.1. The third-order valence-electron chi connectivity index (χ3n) is 2.96. The Balaban J connectivity index is 2.21. The maximum absolute atomic E-state index is 11.2. The first-order valence-electron chi connectivity index (χ1n) is 7.01. The fourth-order valence-electron chi connectivity index (χ4n) is 1.92. The van der Waals surface area contributed by atoms with E-state index in [9.17, 15) is 4.79 Å². The predicted molar refractivity (Wildman–Crippen MR) is 88.3 cm³/mol. The molecule has 23 heavy (non-hydrogen) atoms. The standard InChI is InChI=1S/C15H18ClN5O2/c1-9(11-4-6-12(16)7-5-11)17-14-19-13(8-23-3)20-15(21-14)18-10(2)22/h4-7,9H,8H2,1-3H3,(H2,17,18,19,20,21,22). The van der Waals surface area contributed by atoms with E-state index in [2.05, 4.69) is 25.6 Å². The van der Waals surface area contributed by atoms with E-state index < -0.39 is 0 Å². The van der Waals surface area contributed by atoms with E-state index in [1.807, 2.05) is 31.2 Å². The Hall–Kier alpha value is -2.25. The fourth-order valence-corrected chi connectivity index (χ4v) is 2.05. The molecule has 2 rings (SSSR count). The lowest BCUT2D eigenvalue weighted by Gasteiger charge is -2.15. The Morgan fingerprint density at radius 2 is 1.87 bits per heavy atom. The molecule has 1 heterocycles. The summed E-state index contributed by atoms with van der Waals surface area (Å²) in [4.78, 5) is 23.8. The van der Waals surface area contributed by atoms with Crippen LogP contribution in [0.5, 0.6) is 0 Å². The summed E-state index contributed by atoms with van der Waals surface area (Å²) in [5, 5.41) is 6.41. The van der Waals surface area contributed by atoms with Crippen LogP contribution in [0.2, 0.25) is 5.02 Å². The van der Waals surface area contributed by atoms with Crippen molar-refractivity contribution in [3.05, 3.63) is 40.7 Å². The van der Waals surface area contributed by atoms with Gasteiger partial charge in [0.2, 0.25) is 17.8 Å². The number of aromatic nitrogens is 3. The van der Waals surface area contributed by atoms with Crippen molar-refractivity contribution in [3.8, 4) is 0 Å². The van der Waals surface area contributed by atoms with E-state index in [0.29, 0.717) is 16.8 Å². The summed E-state index contributed by atoms with van der Waals surface area (Å²) >= 11 is 5.89. The number of benzene rings is 1. The summed E-state index contributed by atoms with van der Waals surface area (Å²) in [6.45, 7) is 3.59. The number of anilines is 2. The lowest BCUT2D eigenvalue weighted by Crippen LogP contribution is -2.16. The monoisotopic (exact) mass is 335 g/mol. The zero-order chi connectivity index (χ0) is 16.8. The second-order valence-corrected chi connectivity index (χ2v) is 5.37. The van der Waals surface area contributed by atoms with Crippen molar-refractivity contribution < 1.29 is 9.53 Å². The number of halogens is 1. The predicted octanol–water partition coefficient (Wildman–Crippen LogP) is 2.80. The molecule has 1 unspecified atom stereocenters. The molecule has 2 N–H and O–H groups in total. The first-order chi connectivity index (χ1) is 11.0. The summed E-state index contributed by atoms with van der Waals surface area (Å²) in [5.74, 6) is 0.719. The first kappa shape index (κ1) is 17.1. The molecular weight excluding hydrogens is 318 g/mol. The van der Waals surface area contributed by atoms with Gasteiger partial charge in [-0.05, 0) is 24.6 Å².